The fourth-order valence-electron chi connectivity index (χ4n) is 6.60. The molecule has 0 saturated carbocycles. The molecule has 0 fully saturated rings. The van der Waals surface area contributed by atoms with Gasteiger partial charge in [0, 0.05) is 0 Å². The Hall–Kier alpha value is 0. The maximum atomic E-state index is 2.52. The zero-order valence-electron chi connectivity index (χ0n) is 28.7. The van der Waals surface area contributed by atoms with Crippen LogP contribution in [-0.2, 0) is 0 Å². The van der Waals surface area contributed by atoms with Gasteiger partial charge in [-0.05, 0) is 24.2 Å². The van der Waals surface area contributed by atoms with Gasteiger partial charge in [-0.3, -0.25) is 0 Å². The van der Waals surface area contributed by atoms with Crippen LogP contribution in [0, 0.1) is 17.8 Å². The minimum absolute atomic E-state index is 0.894. The number of unbranched alkanes of at least 4 members (excludes halogenated alkanes) is 25. The van der Waals surface area contributed by atoms with Crippen LogP contribution in [0.2, 0.25) is 0 Å². The van der Waals surface area contributed by atoms with E-state index in [2.05, 4.69) is 34.6 Å². The van der Waals surface area contributed by atoms with Gasteiger partial charge in [0.25, 0.3) is 0 Å². The van der Waals surface area contributed by atoms with E-state index in [0.717, 1.165) is 17.8 Å². The molecule has 2 unspecified atom stereocenters. The summed E-state index contributed by atoms with van der Waals surface area (Å²) in [6.07, 6.45) is 45.7. The minimum atomic E-state index is 0.894. The van der Waals surface area contributed by atoms with Crippen LogP contribution in [0.1, 0.15) is 234 Å². The summed E-state index contributed by atoms with van der Waals surface area (Å²) in [6.45, 7) is 12.1. The molecule has 0 aliphatic heterocycles. The predicted octanol–water partition coefficient (Wildman–Crippen LogP) is 15.0. The molecule has 0 heteroatoms. The fourth-order valence-corrected chi connectivity index (χ4v) is 6.60. The van der Waals surface area contributed by atoms with E-state index in [-0.39, 0.29) is 0 Å². The molecule has 0 aromatic rings. The summed E-state index contributed by atoms with van der Waals surface area (Å²) in [6, 6.07) is 0. The molecule has 0 aromatic carbocycles. The van der Waals surface area contributed by atoms with Crippen molar-refractivity contribution in [2.45, 2.75) is 234 Å². The van der Waals surface area contributed by atoms with E-state index < -0.39 is 0 Å². The average molecular weight is 549 g/mol. The Balaban J connectivity index is 3.27. The molecule has 0 aliphatic carbocycles. The van der Waals surface area contributed by atoms with E-state index >= 15 is 0 Å². The highest BCUT2D eigenvalue weighted by Crippen LogP contribution is 2.23. The molecule has 0 rings (SSSR count). The molecule has 0 nitrogen and oxygen atoms in total. The second kappa shape index (κ2) is 32.5. The van der Waals surface area contributed by atoms with Crippen LogP contribution in [-0.4, -0.2) is 0 Å². The Morgan fingerprint density at radius 1 is 0.282 bits per heavy atom. The third kappa shape index (κ3) is 34.1. The Labute approximate surface area is 251 Å². The van der Waals surface area contributed by atoms with Crippen molar-refractivity contribution in [1.82, 2.24) is 0 Å². The van der Waals surface area contributed by atoms with Crippen LogP contribution >= 0.6 is 0 Å². The van der Waals surface area contributed by atoms with Crippen LogP contribution in [0.4, 0.5) is 0 Å². The second-order valence-electron chi connectivity index (χ2n) is 14.4. The molecule has 0 amide bonds. The summed E-state index contributed by atoms with van der Waals surface area (Å²) in [7, 11) is 0. The highest BCUT2D eigenvalue weighted by molar-refractivity contribution is 4.61. The molecule has 39 heavy (non-hydrogen) atoms. The highest BCUT2D eigenvalue weighted by atomic mass is 14.1. The van der Waals surface area contributed by atoms with Gasteiger partial charge in [0.15, 0.2) is 0 Å². The Morgan fingerprint density at radius 3 is 0.769 bits per heavy atom. The lowest BCUT2D eigenvalue weighted by Gasteiger charge is -2.17. The first-order chi connectivity index (χ1) is 19.1. The lowest BCUT2D eigenvalue weighted by atomic mass is 9.89. The first-order valence-corrected chi connectivity index (χ1v) is 19.1. The van der Waals surface area contributed by atoms with Crippen molar-refractivity contribution in [2.75, 3.05) is 0 Å². The van der Waals surface area contributed by atoms with Crippen molar-refractivity contribution in [3.63, 3.8) is 0 Å². The SMILES string of the molecule is CCCCCCCCCCCCCCCCC(C)CC(C)CCCCCCCCCCCCCCCC(C)C. The van der Waals surface area contributed by atoms with Crippen LogP contribution in [0.5, 0.6) is 0 Å². The maximum absolute atomic E-state index is 2.52. The van der Waals surface area contributed by atoms with Gasteiger partial charge >= 0.3 is 0 Å². The van der Waals surface area contributed by atoms with Crippen molar-refractivity contribution >= 4 is 0 Å². The fraction of sp³-hybridized carbons (Fsp3) is 1.00. The third-order valence-electron chi connectivity index (χ3n) is 9.33. The van der Waals surface area contributed by atoms with E-state index in [9.17, 15) is 0 Å². The summed E-state index contributed by atoms with van der Waals surface area (Å²) >= 11 is 0. The molecule has 236 valence electrons. The van der Waals surface area contributed by atoms with Crippen molar-refractivity contribution in [1.29, 1.82) is 0 Å². The molecule has 0 heterocycles. The molecule has 0 bridgehead atoms. The van der Waals surface area contributed by atoms with Gasteiger partial charge in [-0.2, -0.15) is 0 Å². The molecular weight excluding hydrogens is 468 g/mol. The zero-order valence-corrected chi connectivity index (χ0v) is 28.7. The topological polar surface area (TPSA) is 0 Å². The molecule has 0 spiro atoms. The van der Waals surface area contributed by atoms with Crippen molar-refractivity contribution in [3.05, 3.63) is 0 Å². The second-order valence-corrected chi connectivity index (χ2v) is 14.4. The standard InChI is InChI=1S/C39H80/c1-6-7-8-9-10-11-12-13-16-19-22-25-28-31-34-38(4)36-39(5)35-32-29-26-23-20-17-14-15-18-21-24-27-30-33-37(2)3/h37-39H,6-36H2,1-5H3. The van der Waals surface area contributed by atoms with Gasteiger partial charge in [-0.25, -0.2) is 0 Å². The summed E-state index contributed by atoms with van der Waals surface area (Å²) in [4.78, 5) is 0. The molecule has 0 saturated heterocycles. The highest BCUT2D eigenvalue weighted by Gasteiger charge is 2.09. The van der Waals surface area contributed by atoms with Crippen LogP contribution in [0.3, 0.4) is 0 Å². The normalized spacial score (nSPS) is 13.4. The van der Waals surface area contributed by atoms with E-state index in [1.807, 2.05) is 0 Å². The quantitative estimate of drug-likeness (QED) is 0.0715. The zero-order chi connectivity index (χ0) is 28.7. The van der Waals surface area contributed by atoms with Gasteiger partial charge in [0.2, 0.25) is 0 Å². The molecule has 0 aromatic heterocycles. The molecule has 0 aliphatic rings. The number of hydrogen-bond acceptors (Lipinski definition) is 0. The lowest BCUT2D eigenvalue weighted by Crippen LogP contribution is -2.03. The first kappa shape index (κ1) is 39.0. The number of rotatable bonds is 33. The summed E-state index contributed by atoms with van der Waals surface area (Å²) in [5, 5.41) is 0. The van der Waals surface area contributed by atoms with Crippen LogP contribution < -0.4 is 0 Å². The van der Waals surface area contributed by atoms with Crippen LogP contribution in [0.15, 0.2) is 0 Å². The molecule has 0 N–H and O–H groups in total. The Bertz CT molecular complexity index is 424. The maximum Gasteiger partial charge on any atom is -0.0440 e. The monoisotopic (exact) mass is 549 g/mol. The summed E-state index contributed by atoms with van der Waals surface area (Å²) in [5.74, 6) is 2.78. The Morgan fingerprint density at radius 2 is 0.513 bits per heavy atom. The molecule has 2 atom stereocenters. The largest absolute Gasteiger partial charge is 0.0654 e. The molecular formula is C39H80. The third-order valence-corrected chi connectivity index (χ3v) is 9.33. The Kier molecular flexibility index (Phi) is 32.5. The van der Waals surface area contributed by atoms with Gasteiger partial charge in [0.1, 0.15) is 0 Å². The van der Waals surface area contributed by atoms with E-state index in [4.69, 9.17) is 0 Å². The average Bonchev–Trinajstić information content (AvgIpc) is 2.90. The van der Waals surface area contributed by atoms with Crippen molar-refractivity contribution < 1.29 is 0 Å². The number of hydrogen-bond donors (Lipinski definition) is 0. The lowest BCUT2D eigenvalue weighted by molar-refractivity contribution is 0.356. The van der Waals surface area contributed by atoms with Gasteiger partial charge < -0.3 is 0 Å². The summed E-state index contributed by atoms with van der Waals surface area (Å²) < 4.78 is 0. The predicted molar refractivity (Wildman–Crippen MR) is 182 cm³/mol. The first-order valence-electron chi connectivity index (χ1n) is 19.1. The van der Waals surface area contributed by atoms with E-state index in [1.165, 1.54) is 199 Å². The summed E-state index contributed by atoms with van der Waals surface area (Å²) in [5.41, 5.74) is 0. The minimum Gasteiger partial charge on any atom is -0.0654 e. The smallest absolute Gasteiger partial charge is 0.0440 e. The van der Waals surface area contributed by atoms with Gasteiger partial charge in [-0.1, -0.05) is 227 Å². The van der Waals surface area contributed by atoms with E-state index in [1.54, 1.807) is 0 Å². The van der Waals surface area contributed by atoms with Crippen molar-refractivity contribution in [3.8, 4) is 0 Å². The van der Waals surface area contributed by atoms with E-state index in [0.29, 0.717) is 0 Å². The van der Waals surface area contributed by atoms with Crippen molar-refractivity contribution in [2.24, 2.45) is 17.8 Å². The van der Waals surface area contributed by atoms with Crippen LogP contribution in [0.25, 0.3) is 0 Å². The van der Waals surface area contributed by atoms with Gasteiger partial charge in [-0.15, -0.1) is 0 Å². The van der Waals surface area contributed by atoms with Gasteiger partial charge in [0.05, 0.1) is 0 Å². The molecule has 0 radical (unpaired) electrons.